The first-order chi connectivity index (χ1) is 10.4. The van der Waals surface area contributed by atoms with Gasteiger partial charge < -0.3 is 0 Å². The molecule has 0 aliphatic heterocycles. The molecule has 0 atom stereocenters. The molecule has 0 radical (unpaired) electrons. The van der Waals surface area contributed by atoms with Crippen LogP contribution in [0, 0.1) is 0 Å². The second-order valence-electron chi connectivity index (χ2n) is 5.02. The summed E-state index contributed by atoms with van der Waals surface area (Å²) in [6.07, 6.45) is 0. The normalized spacial score (nSPS) is 10.9. The molecular weight excluding hydrogens is 258 g/mol. The summed E-state index contributed by atoms with van der Waals surface area (Å²) in [5.41, 5.74) is 9.46. The molecule has 3 heteroatoms. The molecule has 4 aromatic carbocycles. The summed E-state index contributed by atoms with van der Waals surface area (Å²) in [4.78, 5) is 2.95. The van der Waals surface area contributed by atoms with Crippen LogP contribution in [-0.4, -0.2) is 0 Å². The average molecular weight is 269 g/mol. The Morgan fingerprint density at radius 1 is 0.714 bits per heavy atom. The fraction of sp³-hybridized carbons (Fsp3) is 0. The van der Waals surface area contributed by atoms with E-state index in [1.54, 1.807) is 0 Å². The average Bonchev–Trinajstić information content (AvgIpc) is 2.55. The van der Waals surface area contributed by atoms with Crippen LogP contribution in [0.5, 0.6) is 0 Å². The van der Waals surface area contributed by atoms with E-state index in [4.69, 9.17) is 5.53 Å². The Hall–Kier alpha value is -3.03. The van der Waals surface area contributed by atoms with Gasteiger partial charge in [-0.15, -0.1) is 0 Å². The van der Waals surface area contributed by atoms with Crippen molar-refractivity contribution >= 4 is 38.0 Å². The van der Waals surface area contributed by atoms with E-state index in [-0.39, 0.29) is 0 Å². The molecule has 3 nitrogen and oxygen atoms in total. The van der Waals surface area contributed by atoms with E-state index in [2.05, 4.69) is 46.4 Å². The number of hydrogen-bond acceptors (Lipinski definition) is 1. The summed E-state index contributed by atoms with van der Waals surface area (Å²) < 4.78 is 0. The molecule has 0 heterocycles. The van der Waals surface area contributed by atoms with Crippen LogP contribution < -0.4 is 0 Å². The number of nitrogens with zero attached hydrogens (tertiary/aromatic N) is 3. The summed E-state index contributed by atoms with van der Waals surface area (Å²) in [5, 5.41) is 10.7. The molecular formula is C18H11N3. The van der Waals surface area contributed by atoms with Crippen LogP contribution >= 0.6 is 0 Å². The highest BCUT2D eigenvalue weighted by atomic mass is 15.1. The smallest absolute Gasteiger partial charge is 0.0460 e. The van der Waals surface area contributed by atoms with Crippen molar-refractivity contribution in [1.82, 2.24) is 0 Å². The summed E-state index contributed by atoms with van der Waals surface area (Å²) in [6.45, 7) is 0. The van der Waals surface area contributed by atoms with Gasteiger partial charge in [0.05, 0.1) is 0 Å². The monoisotopic (exact) mass is 269 g/mol. The third-order valence-corrected chi connectivity index (χ3v) is 3.88. The Balaban J connectivity index is 2.34. The summed E-state index contributed by atoms with van der Waals surface area (Å²) in [6, 6.07) is 22.6. The largest absolute Gasteiger partial charge is 0.0616 e. The first-order valence-electron chi connectivity index (χ1n) is 6.77. The van der Waals surface area contributed by atoms with Gasteiger partial charge in [0.15, 0.2) is 0 Å². The highest BCUT2D eigenvalue weighted by molar-refractivity contribution is 6.22. The second-order valence-corrected chi connectivity index (χ2v) is 5.02. The standard InChI is InChI=1S/C18H11N3/c19-21-20-17-11-13-10-9-12-5-1-2-6-14(12)18(13)16-8-4-3-7-15(16)17/h1-11H. The van der Waals surface area contributed by atoms with Crippen molar-refractivity contribution in [1.29, 1.82) is 0 Å². The van der Waals surface area contributed by atoms with Gasteiger partial charge in [-0.05, 0) is 43.9 Å². The lowest BCUT2D eigenvalue weighted by Gasteiger charge is -2.10. The third kappa shape index (κ3) is 1.72. The van der Waals surface area contributed by atoms with E-state index >= 15 is 0 Å². The summed E-state index contributed by atoms with van der Waals surface area (Å²) >= 11 is 0. The minimum Gasteiger partial charge on any atom is -0.0616 e. The van der Waals surface area contributed by atoms with Gasteiger partial charge in [-0.1, -0.05) is 65.8 Å². The van der Waals surface area contributed by atoms with Gasteiger partial charge >= 0.3 is 0 Å². The molecule has 0 aromatic heterocycles. The molecule has 0 amide bonds. The minimum atomic E-state index is 0.677. The third-order valence-electron chi connectivity index (χ3n) is 3.88. The molecule has 0 bridgehead atoms. The predicted octanol–water partition coefficient (Wildman–Crippen LogP) is 6.09. The number of hydrogen-bond donors (Lipinski definition) is 0. The van der Waals surface area contributed by atoms with Gasteiger partial charge in [-0.3, -0.25) is 0 Å². The molecule has 4 aromatic rings. The fourth-order valence-electron chi connectivity index (χ4n) is 2.99. The molecule has 21 heavy (non-hydrogen) atoms. The maximum Gasteiger partial charge on any atom is 0.0460 e. The van der Waals surface area contributed by atoms with Crippen LogP contribution in [0.1, 0.15) is 0 Å². The predicted molar refractivity (Wildman–Crippen MR) is 87.8 cm³/mol. The second kappa shape index (κ2) is 4.51. The SMILES string of the molecule is [N-]=[N+]=Nc1cc2ccc3ccccc3c2c2ccccc12. The first-order valence-corrected chi connectivity index (χ1v) is 6.77. The van der Waals surface area contributed by atoms with Crippen molar-refractivity contribution < 1.29 is 0 Å². The van der Waals surface area contributed by atoms with E-state index in [9.17, 15) is 0 Å². The maximum absolute atomic E-state index is 8.78. The van der Waals surface area contributed by atoms with Crippen LogP contribution in [0.15, 0.2) is 71.8 Å². The Morgan fingerprint density at radius 2 is 1.38 bits per heavy atom. The van der Waals surface area contributed by atoms with Gasteiger partial charge in [-0.2, -0.15) is 0 Å². The number of fused-ring (bicyclic) bond motifs is 5. The van der Waals surface area contributed by atoms with Crippen LogP contribution in [0.3, 0.4) is 0 Å². The Labute approximate surface area is 121 Å². The van der Waals surface area contributed by atoms with Gasteiger partial charge in [-0.25, -0.2) is 0 Å². The molecule has 0 unspecified atom stereocenters. The van der Waals surface area contributed by atoms with E-state index in [1.807, 2.05) is 30.3 Å². The van der Waals surface area contributed by atoms with E-state index in [1.165, 1.54) is 16.2 Å². The molecule has 0 fully saturated rings. The zero-order chi connectivity index (χ0) is 14.2. The first kappa shape index (κ1) is 11.8. The van der Waals surface area contributed by atoms with Crippen molar-refractivity contribution in [2.45, 2.75) is 0 Å². The number of azide groups is 1. The van der Waals surface area contributed by atoms with E-state index < -0.39 is 0 Å². The molecule has 0 aliphatic carbocycles. The number of benzene rings is 4. The highest BCUT2D eigenvalue weighted by Gasteiger charge is 2.08. The molecule has 0 saturated heterocycles. The zero-order valence-corrected chi connectivity index (χ0v) is 11.2. The van der Waals surface area contributed by atoms with Crippen molar-refractivity contribution in [2.24, 2.45) is 5.11 Å². The van der Waals surface area contributed by atoms with Gasteiger partial charge in [0, 0.05) is 10.6 Å². The molecule has 4 rings (SSSR count). The number of rotatable bonds is 1. The van der Waals surface area contributed by atoms with Crippen LogP contribution in [0.25, 0.3) is 42.8 Å². The molecule has 0 saturated carbocycles. The van der Waals surface area contributed by atoms with E-state index in [0.29, 0.717) is 5.69 Å². The Morgan fingerprint density at radius 3 is 2.19 bits per heavy atom. The Bertz CT molecular complexity index is 1040. The zero-order valence-electron chi connectivity index (χ0n) is 11.2. The van der Waals surface area contributed by atoms with Crippen molar-refractivity contribution in [3.63, 3.8) is 0 Å². The highest BCUT2D eigenvalue weighted by Crippen LogP contribution is 2.37. The van der Waals surface area contributed by atoms with Crippen LogP contribution in [0.2, 0.25) is 0 Å². The quantitative estimate of drug-likeness (QED) is 0.174. The minimum absolute atomic E-state index is 0.677. The van der Waals surface area contributed by atoms with Gasteiger partial charge in [0.2, 0.25) is 0 Å². The maximum atomic E-state index is 8.78. The summed E-state index contributed by atoms with van der Waals surface area (Å²) in [5.74, 6) is 0. The van der Waals surface area contributed by atoms with Crippen molar-refractivity contribution in [3.8, 4) is 0 Å². The van der Waals surface area contributed by atoms with Gasteiger partial charge in [0.25, 0.3) is 0 Å². The molecule has 98 valence electrons. The van der Waals surface area contributed by atoms with E-state index in [0.717, 1.165) is 16.2 Å². The fourth-order valence-corrected chi connectivity index (χ4v) is 2.99. The Kier molecular flexibility index (Phi) is 2.53. The van der Waals surface area contributed by atoms with Crippen molar-refractivity contribution in [3.05, 3.63) is 77.2 Å². The lowest BCUT2D eigenvalue weighted by molar-refractivity contribution is 1.53. The molecule has 0 N–H and O–H groups in total. The lowest BCUT2D eigenvalue weighted by atomic mass is 9.95. The summed E-state index contributed by atoms with van der Waals surface area (Å²) in [7, 11) is 0. The molecule has 0 aliphatic rings. The molecule has 0 spiro atoms. The topological polar surface area (TPSA) is 48.8 Å². The van der Waals surface area contributed by atoms with Crippen LogP contribution in [-0.2, 0) is 0 Å². The van der Waals surface area contributed by atoms with Gasteiger partial charge in [0.1, 0.15) is 0 Å². The van der Waals surface area contributed by atoms with Crippen molar-refractivity contribution in [2.75, 3.05) is 0 Å². The lowest BCUT2D eigenvalue weighted by Crippen LogP contribution is -1.81. The van der Waals surface area contributed by atoms with Crippen LogP contribution in [0.4, 0.5) is 5.69 Å².